The van der Waals surface area contributed by atoms with Gasteiger partial charge in [0.05, 0.1) is 18.2 Å². The lowest BCUT2D eigenvalue weighted by molar-refractivity contribution is -0.125. The third kappa shape index (κ3) is 3.86. The number of Topliss-reactive ketones (excluding diaryl/α,β-unsaturated/α-hetero) is 1. The van der Waals surface area contributed by atoms with Crippen molar-refractivity contribution in [1.29, 1.82) is 0 Å². The van der Waals surface area contributed by atoms with Crippen molar-refractivity contribution in [2.75, 3.05) is 7.11 Å². The molecule has 2 aromatic carbocycles. The van der Waals surface area contributed by atoms with Gasteiger partial charge in [0.25, 0.3) is 11.8 Å². The summed E-state index contributed by atoms with van der Waals surface area (Å²) in [4.78, 5) is 51.5. The predicted molar refractivity (Wildman–Crippen MR) is 113 cm³/mol. The number of carbonyl (C=O) groups is 4. The van der Waals surface area contributed by atoms with E-state index in [0.717, 1.165) is 10.5 Å². The summed E-state index contributed by atoms with van der Waals surface area (Å²) < 4.78 is 5.10. The van der Waals surface area contributed by atoms with Gasteiger partial charge >= 0.3 is 0 Å². The number of nitrogens with zero attached hydrogens (tertiary/aromatic N) is 1. The third-order valence-electron chi connectivity index (χ3n) is 5.67. The molecule has 2 heterocycles. The molecule has 0 aromatic heterocycles. The molecule has 2 aliphatic rings. The van der Waals surface area contributed by atoms with Crippen molar-refractivity contribution in [1.82, 2.24) is 10.2 Å². The minimum Gasteiger partial charge on any atom is -0.497 e. The summed E-state index contributed by atoms with van der Waals surface area (Å²) in [7, 11) is 1.56. The maximum Gasteiger partial charge on any atom is 0.262 e. The van der Waals surface area contributed by atoms with Gasteiger partial charge < -0.3 is 10.1 Å². The zero-order valence-electron chi connectivity index (χ0n) is 17.1. The Morgan fingerprint density at radius 1 is 1.10 bits per heavy atom. The smallest absolute Gasteiger partial charge is 0.262 e. The molecule has 3 amide bonds. The van der Waals surface area contributed by atoms with Gasteiger partial charge in [0, 0.05) is 17.7 Å². The monoisotopic (exact) mass is 418 g/mol. The Bertz CT molecular complexity index is 1100. The Hall–Kier alpha value is -3.74. The van der Waals surface area contributed by atoms with Crippen LogP contribution >= 0.6 is 0 Å². The van der Waals surface area contributed by atoms with Crippen molar-refractivity contribution in [3.8, 4) is 5.75 Å². The maximum absolute atomic E-state index is 12.9. The lowest BCUT2D eigenvalue weighted by atomic mass is 9.99. The number of nitrogens with one attached hydrogen (secondary N) is 1. The largest absolute Gasteiger partial charge is 0.497 e. The molecule has 0 spiro atoms. The fourth-order valence-electron chi connectivity index (χ4n) is 3.93. The van der Waals surface area contributed by atoms with E-state index in [4.69, 9.17) is 4.74 Å². The average Bonchev–Trinajstić information content (AvgIpc) is 3.02. The highest BCUT2D eigenvalue weighted by Crippen LogP contribution is 2.29. The maximum atomic E-state index is 12.9. The fraction of sp³-hybridized carbons (Fsp3) is 0.250. The molecule has 1 saturated heterocycles. The number of imide groups is 1. The summed E-state index contributed by atoms with van der Waals surface area (Å²) in [6, 6.07) is 11.1. The minimum absolute atomic E-state index is 0.0220. The number of amides is 3. The van der Waals surface area contributed by atoms with Crippen LogP contribution in [0.15, 0.2) is 54.7 Å². The molecule has 0 aliphatic carbocycles. The summed E-state index contributed by atoms with van der Waals surface area (Å²) in [5.74, 6) is -0.675. The number of piperidine rings is 1. The number of methoxy groups -OCH3 is 1. The highest BCUT2D eigenvalue weighted by atomic mass is 16.5. The first-order valence-electron chi connectivity index (χ1n) is 10.1. The number of hydrogen-bond acceptors (Lipinski definition) is 5. The van der Waals surface area contributed by atoms with E-state index in [9.17, 15) is 19.2 Å². The van der Waals surface area contributed by atoms with Gasteiger partial charge in [-0.3, -0.25) is 24.1 Å². The summed E-state index contributed by atoms with van der Waals surface area (Å²) in [5.41, 5.74) is 2.51. The first-order valence-corrected chi connectivity index (χ1v) is 10.1. The van der Waals surface area contributed by atoms with Gasteiger partial charge in [-0.05, 0) is 61.2 Å². The van der Waals surface area contributed by atoms with E-state index in [1.54, 1.807) is 49.6 Å². The molecule has 4 rings (SSSR count). The highest BCUT2D eigenvalue weighted by Gasteiger charge is 2.43. The number of ether oxygens (including phenoxy) is 1. The Labute approximate surface area is 179 Å². The molecule has 0 radical (unpaired) electrons. The van der Waals surface area contributed by atoms with Crippen LogP contribution in [0.1, 0.15) is 55.9 Å². The van der Waals surface area contributed by atoms with E-state index in [1.807, 2.05) is 0 Å². The predicted octanol–water partition coefficient (Wildman–Crippen LogP) is 2.90. The molecule has 1 unspecified atom stereocenters. The summed E-state index contributed by atoms with van der Waals surface area (Å²) in [5, 5.41) is 2.62. The number of carbonyl (C=O) groups excluding carboxylic acids is 4. The number of rotatable bonds is 6. The van der Waals surface area contributed by atoms with E-state index < -0.39 is 23.8 Å². The van der Waals surface area contributed by atoms with E-state index in [2.05, 4.69) is 11.9 Å². The quantitative estimate of drug-likeness (QED) is 0.575. The van der Waals surface area contributed by atoms with Crippen molar-refractivity contribution >= 4 is 23.5 Å². The fourth-order valence-corrected chi connectivity index (χ4v) is 3.93. The van der Waals surface area contributed by atoms with Crippen LogP contribution in [0, 0.1) is 0 Å². The van der Waals surface area contributed by atoms with Gasteiger partial charge in [-0.2, -0.15) is 0 Å². The van der Waals surface area contributed by atoms with Crippen LogP contribution in [0.5, 0.6) is 5.75 Å². The Balaban J connectivity index is 1.47. The molecule has 0 bridgehead atoms. The zero-order valence-corrected chi connectivity index (χ0v) is 17.1. The number of fused-ring (bicyclic) bond motifs is 1. The second-order valence-corrected chi connectivity index (χ2v) is 7.66. The van der Waals surface area contributed by atoms with E-state index in [-0.39, 0.29) is 23.3 Å². The van der Waals surface area contributed by atoms with Crippen LogP contribution in [-0.2, 0) is 11.2 Å². The lowest BCUT2D eigenvalue weighted by Crippen LogP contribution is -2.51. The number of ketones is 1. The van der Waals surface area contributed by atoms with Crippen LogP contribution in [0.2, 0.25) is 0 Å². The lowest BCUT2D eigenvalue weighted by Gasteiger charge is -2.29. The molecule has 0 saturated carbocycles. The van der Waals surface area contributed by atoms with Crippen molar-refractivity contribution in [2.45, 2.75) is 31.7 Å². The van der Waals surface area contributed by atoms with Gasteiger partial charge in [0.1, 0.15) is 11.8 Å². The molecular weight excluding hydrogens is 396 g/mol. The van der Waals surface area contributed by atoms with E-state index in [1.165, 1.54) is 0 Å². The minimum atomic E-state index is -0.835. The van der Waals surface area contributed by atoms with E-state index in [0.29, 0.717) is 36.3 Å². The zero-order chi connectivity index (χ0) is 22.1. The molecule has 31 heavy (non-hydrogen) atoms. The molecule has 2 aliphatic heterocycles. The molecule has 7 nitrogen and oxygen atoms in total. The first-order chi connectivity index (χ1) is 14.9. The van der Waals surface area contributed by atoms with Gasteiger partial charge in [-0.15, -0.1) is 0 Å². The normalized spacial score (nSPS) is 18.1. The number of hydrogen-bond donors (Lipinski definition) is 1. The molecule has 1 atom stereocenters. The number of allylic oxidation sites excluding steroid dienone is 1. The number of aryl methyl sites for hydroxylation is 1. The second-order valence-electron chi connectivity index (χ2n) is 7.66. The van der Waals surface area contributed by atoms with Crippen LogP contribution in [0.4, 0.5) is 0 Å². The van der Waals surface area contributed by atoms with Crippen molar-refractivity contribution in [2.24, 2.45) is 0 Å². The van der Waals surface area contributed by atoms with Crippen LogP contribution in [0.25, 0.3) is 0 Å². The Morgan fingerprint density at radius 3 is 2.48 bits per heavy atom. The molecule has 158 valence electrons. The van der Waals surface area contributed by atoms with Crippen molar-refractivity contribution < 1.29 is 23.9 Å². The summed E-state index contributed by atoms with van der Waals surface area (Å²) in [6.45, 7) is 3.73. The van der Waals surface area contributed by atoms with Gasteiger partial charge in [0.2, 0.25) is 5.91 Å². The van der Waals surface area contributed by atoms with Gasteiger partial charge in [-0.1, -0.05) is 12.6 Å². The van der Waals surface area contributed by atoms with Crippen LogP contribution in [0.3, 0.4) is 0 Å². The topological polar surface area (TPSA) is 92.8 Å². The first kappa shape index (κ1) is 20.5. The van der Waals surface area contributed by atoms with E-state index >= 15 is 0 Å². The van der Waals surface area contributed by atoms with Gasteiger partial charge in [-0.25, -0.2) is 0 Å². The average molecular weight is 418 g/mol. The summed E-state index contributed by atoms with van der Waals surface area (Å²) in [6.07, 6.45) is 1.58. The van der Waals surface area contributed by atoms with Crippen LogP contribution in [-0.4, -0.2) is 41.6 Å². The van der Waals surface area contributed by atoms with Crippen molar-refractivity contribution in [3.05, 3.63) is 77.0 Å². The molecule has 1 fully saturated rings. The van der Waals surface area contributed by atoms with Crippen molar-refractivity contribution in [3.63, 3.8) is 0 Å². The molecular formula is C24H22N2O5. The molecule has 7 heteroatoms. The molecule has 2 aromatic rings. The summed E-state index contributed by atoms with van der Waals surface area (Å²) >= 11 is 0. The Kier molecular flexibility index (Phi) is 5.42. The number of benzene rings is 2. The standard InChI is InChI=1S/C24H22N2O5/c1-14-3-11-20(22(28)25-14)26-23(29)18-10-4-15(13-19(18)24(26)30)5-12-21(27)16-6-8-17(31-2)9-7-16/h4,6-10,13,20H,1,3,5,11-12H2,2H3,(H,25,28). The third-order valence-corrected chi connectivity index (χ3v) is 5.67. The second kappa shape index (κ2) is 8.18. The SMILES string of the molecule is C=C1CCC(N2C(=O)c3ccc(CCC(=O)c4ccc(OC)cc4)cc3C2=O)C(=O)N1. The molecule has 1 N–H and O–H groups in total. The Morgan fingerprint density at radius 2 is 1.81 bits per heavy atom. The van der Waals surface area contributed by atoms with Crippen LogP contribution < -0.4 is 10.1 Å². The highest BCUT2D eigenvalue weighted by molar-refractivity contribution is 6.23. The van der Waals surface area contributed by atoms with Gasteiger partial charge in [0.15, 0.2) is 5.78 Å².